The Kier molecular flexibility index (Phi) is 7.00. The van der Waals surface area contributed by atoms with Crippen LogP contribution in [0, 0.1) is 6.92 Å². The number of amides is 1. The zero-order valence-electron chi connectivity index (χ0n) is 20.1. The number of carbonyl (C=O) groups excluding carboxylic acids is 1. The highest BCUT2D eigenvalue weighted by Gasteiger charge is 2.23. The van der Waals surface area contributed by atoms with Crippen molar-refractivity contribution in [3.8, 4) is 22.5 Å². The van der Waals surface area contributed by atoms with Crippen molar-refractivity contribution in [2.24, 2.45) is 0 Å². The van der Waals surface area contributed by atoms with Gasteiger partial charge < -0.3 is 9.73 Å². The molecule has 0 aliphatic carbocycles. The molecule has 0 aliphatic rings. The van der Waals surface area contributed by atoms with Gasteiger partial charge in [-0.2, -0.15) is 0 Å². The van der Waals surface area contributed by atoms with Crippen LogP contribution in [-0.4, -0.2) is 25.9 Å². The molecule has 0 aliphatic heterocycles. The molecular formula is C29H26N4O2S. The maximum atomic E-state index is 13.3. The summed E-state index contributed by atoms with van der Waals surface area (Å²) in [6.07, 6.45) is 1.65. The molecule has 5 rings (SSSR count). The first-order valence-corrected chi connectivity index (χ1v) is 12.6. The van der Waals surface area contributed by atoms with Gasteiger partial charge in [0, 0.05) is 11.3 Å². The fourth-order valence-electron chi connectivity index (χ4n) is 4.01. The SMILES string of the molecule is Cc1occc1-c1nnc(S[C@H](C)C(=O)Nc2ccccc2-c2ccccc2)n1Cc1ccccc1. The van der Waals surface area contributed by atoms with Gasteiger partial charge in [0.05, 0.1) is 23.6 Å². The average Bonchev–Trinajstić information content (AvgIpc) is 3.50. The number of aryl methyl sites for hydroxylation is 1. The molecule has 0 bridgehead atoms. The van der Waals surface area contributed by atoms with E-state index in [1.54, 1.807) is 6.26 Å². The number of aromatic nitrogens is 3. The maximum Gasteiger partial charge on any atom is 0.237 e. The number of furan rings is 1. The van der Waals surface area contributed by atoms with Crippen LogP contribution in [0.4, 0.5) is 5.69 Å². The van der Waals surface area contributed by atoms with Gasteiger partial charge in [0.1, 0.15) is 5.76 Å². The summed E-state index contributed by atoms with van der Waals surface area (Å²) in [6.45, 7) is 4.38. The molecule has 0 fully saturated rings. The first-order valence-electron chi connectivity index (χ1n) is 11.7. The van der Waals surface area contributed by atoms with Gasteiger partial charge in [0.15, 0.2) is 11.0 Å². The summed E-state index contributed by atoms with van der Waals surface area (Å²) in [7, 11) is 0. The van der Waals surface area contributed by atoms with Gasteiger partial charge in [-0.1, -0.05) is 90.6 Å². The summed E-state index contributed by atoms with van der Waals surface area (Å²) in [5.74, 6) is 1.39. The number of rotatable bonds is 8. The zero-order chi connectivity index (χ0) is 24.9. The fourth-order valence-corrected chi connectivity index (χ4v) is 4.86. The Balaban J connectivity index is 1.39. The molecule has 0 saturated carbocycles. The van der Waals surface area contributed by atoms with E-state index in [0.717, 1.165) is 39.5 Å². The number of nitrogens with zero attached hydrogens (tertiary/aromatic N) is 3. The summed E-state index contributed by atoms with van der Waals surface area (Å²) in [5, 5.41) is 12.3. The molecule has 2 aromatic heterocycles. The Morgan fingerprint density at radius 2 is 1.61 bits per heavy atom. The van der Waals surface area contributed by atoms with Gasteiger partial charge in [-0.05, 0) is 37.1 Å². The van der Waals surface area contributed by atoms with Crippen molar-refractivity contribution in [1.29, 1.82) is 0 Å². The number of hydrogen-bond acceptors (Lipinski definition) is 5. The van der Waals surface area contributed by atoms with E-state index in [1.165, 1.54) is 11.8 Å². The first-order chi connectivity index (χ1) is 17.6. The van der Waals surface area contributed by atoms with Crippen molar-refractivity contribution in [3.63, 3.8) is 0 Å². The largest absolute Gasteiger partial charge is 0.469 e. The van der Waals surface area contributed by atoms with Gasteiger partial charge >= 0.3 is 0 Å². The molecule has 180 valence electrons. The van der Waals surface area contributed by atoms with Crippen LogP contribution in [0.1, 0.15) is 18.2 Å². The number of carbonyl (C=O) groups is 1. The van der Waals surface area contributed by atoms with E-state index in [1.807, 2.05) is 97.3 Å². The predicted octanol–water partition coefficient (Wildman–Crippen LogP) is 6.68. The van der Waals surface area contributed by atoms with Crippen molar-refractivity contribution in [2.75, 3.05) is 5.32 Å². The Labute approximate surface area is 214 Å². The van der Waals surface area contributed by atoms with Gasteiger partial charge in [0.25, 0.3) is 0 Å². The monoisotopic (exact) mass is 494 g/mol. The number of anilines is 1. The van der Waals surface area contributed by atoms with E-state index in [0.29, 0.717) is 11.7 Å². The quantitative estimate of drug-likeness (QED) is 0.244. The molecule has 1 atom stereocenters. The molecular weight excluding hydrogens is 468 g/mol. The normalized spacial score (nSPS) is 11.8. The Morgan fingerprint density at radius 1 is 0.917 bits per heavy atom. The molecule has 7 heteroatoms. The van der Waals surface area contributed by atoms with Crippen LogP contribution in [0.15, 0.2) is 107 Å². The Bertz CT molecular complexity index is 1460. The third-order valence-corrected chi connectivity index (χ3v) is 7.00. The maximum absolute atomic E-state index is 13.3. The van der Waals surface area contributed by atoms with Crippen LogP contribution in [0.3, 0.4) is 0 Å². The zero-order valence-corrected chi connectivity index (χ0v) is 20.9. The van der Waals surface area contributed by atoms with Crippen LogP contribution < -0.4 is 5.32 Å². The Morgan fingerprint density at radius 3 is 2.33 bits per heavy atom. The summed E-state index contributed by atoms with van der Waals surface area (Å²) in [4.78, 5) is 13.3. The lowest BCUT2D eigenvalue weighted by Gasteiger charge is -2.16. The topological polar surface area (TPSA) is 72.9 Å². The smallest absolute Gasteiger partial charge is 0.237 e. The molecule has 1 N–H and O–H groups in total. The van der Waals surface area contributed by atoms with Crippen molar-refractivity contribution in [1.82, 2.24) is 14.8 Å². The van der Waals surface area contributed by atoms with E-state index in [-0.39, 0.29) is 5.91 Å². The second-order valence-electron chi connectivity index (χ2n) is 8.43. The standard InChI is InChI=1S/C29H26N4O2S/c1-20-24(17-18-35-20)27-31-32-29(33(27)19-22-11-5-3-6-12-22)36-21(2)28(34)30-26-16-10-9-15-25(26)23-13-7-4-8-14-23/h3-18,21H,19H2,1-2H3,(H,30,34)/t21-/m1/s1. The molecule has 3 aromatic carbocycles. The molecule has 36 heavy (non-hydrogen) atoms. The van der Waals surface area contributed by atoms with Crippen molar-refractivity contribution >= 4 is 23.4 Å². The van der Waals surface area contributed by atoms with E-state index < -0.39 is 5.25 Å². The molecule has 1 amide bonds. The molecule has 5 aromatic rings. The lowest BCUT2D eigenvalue weighted by Crippen LogP contribution is -2.23. The highest BCUT2D eigenvalue weighted by atomic mass is 32.2. The molecule has 0 radical (unpaired) electrons. The lowest BCUT2D eigenvalue weighted by molar-refractivity contribution is -0.115. The van der Waals surface area contributed by atoms with E-state index >= 15 is 0 Å². The van der Waals surface area contributed by atoms with E-state index in [4.69, 9.17) is 4.42 Å². The molecule has 0 spiro atoms. The second kappa shape index (κ2) is 10.7. The van der Waals surface area contributed by atoms with Crippen LogP contribution >= 0.6 is 11.8 Å². The number of benzene rings is 3. The van der Waals surface area contributed by atoms with Crippen molar-refractivity contribution in [2.45, 2.75) is 30.8 Å². The van der Waals surface area contributed by atoms with Gasteiger partial charge in [-0.15, -0.1) is 10.2 Å². The minimum atomic E-state index is -0.397. The minimum Gasteiger partial charge on any atom is -0.469 e. The van der Waals surface area contributed by atoms with Crippen LogP contribution in [-0.2, 0) is 11.3 Å². The van der Waals surface area contributed by atoms with Gasteiger partial charge in [-0.25, -0.2) is 0 Å². The highest BCUT2D eigenvalue weighted by molar-refractivity contribution is 8.00. The van der Waals surface area contributed by atoms with Gasteiger partial charge in [0.2, 0.25) is 5.91 Å². The van der Waals surface area contributed by atoms with Crippen molar-refractivity contribution < 1.29 is 9.21 Å². The van der Waals surface area contributed by atoms with E-state index in [2.05, 4.69) is 27.6 Å². The molecule has 2 heterocycles. The van der Waals surface area contributed by atoms with Crippen LogP contribution in [0.2, 0.25) is 0 Å². The predicted molar refractivity (Wildman–Crippen MR) is 144 cm³/mol. The lowest BCUT2D eigenvalue weighted by atomic mass is 10.0. The molecule has 0 saturated heterocycles. The third kappa shape index (κ3) is 5.11. The number of thioether (sulfide) groups is 1. The number of nitrogens with one attached hydrogen (secondary N) is 1. The first kappa shape index (κ1) is 23.6. The molecule has 6 nitrogen and oxygen atoms in total. The second-order valence-corrected chi connectivity index (χ2v) is 9.74. The summed E-state index contributed by atoms with van der Waals surface area (Å²) < 4.78 is 7.56. The summed E-state index contributed by atoms with van der Waals surface area (Å²) in [5.41, 5.74) is 4.82. The summed E-state index contributed by atoms with van der Waals surface area (Å²) >= 11 is 1.39. The van der Waals surface area contributed by atoms with Gasteiger partial charge in [-0.3, -0.25) is 9.36 Å². The van der Waals surface area contributed by atoms with Crippen LogP contribution in [0.5, 0.6) is 0 Å². The summed E-state index contributed by atoms with van der Waals surface area (Å²) in [6, 6.07) is 29.9. The van der Waals surface area contributed by atoms with Crippen LogP contribution in [0.25, 0.3) is 22.5 Å². The average molecular weight is 495 g/mol. The van der Waals surface area contributed by atoms with E-state index in [9.17, 15) is 4.79 Å². The molecule has 0 unspecified atom stereocenters. The number of para-hydroxylation sites is 1. The minimum absolute atomic E-state index is 0.0984. The number of hydrogen-bond donors (Lipinski definition) is 1. The Hall–Kier alpha value is -4.10. The third-order valence-electron chi connectivity index (χ3n) is 5.92. The fraction of sp³-hybridized carbons (Fsp3) is 0.138. The van der Waals surface area contributed by atoms with Crippen molar-refractivity contribution in [3.05, 3.63) is 109 Å². The highest BCUT2D eigenvalue weighted by Crippen LogP contribution is 2.32.